The van der Waals surface area contributed by atoms with Gasteiger partial charge in [0.2, 0.25) is 5.91 Å². The van der Waals surface area contributed by atoms with Crippen molar-refractivity contribution < 1.29 is 14.4 Å². The normalized spacial score (nSPS) is 11.3. The van der Waals surface area contributed by atoms with Crippen LogP contribution in [0, 0.1) is 0 Å². The highest BCUT2D eigenvalue weighted by Crippen LogP contribution is 2.12. The quantitative estimate of drug-likeness (QED) is 0.525. The average molecular weight is 416 g/mol. The standard InChI is InChI=1S/C24H24N4O3/c1-17(27-24(31)18-8-3-2-4-9-18)14-22(29)28-20-12-7-10-19(15-20)23(30)26-16-21-11-5-6-13-25-21/h2-13,15,17H,14,16H2,1H3,(H,26,30)(H,27,31)(H,28,29). The molecule has 3 rings (SSSR count). The van der Waals surface area contributed by atoms with Crippen molar-refractivity contribution in [1.82, 2.24) is 15.6 Å². The molecule has 3 N–H and O–H groups in total. The van der Waals surface area contributed by atoms with Gasteiger partial charge in [-0.1, -0.05) is 30.3 Å². The van der Waals surface area contributed by atoms with Crippen LogP contribution in [0.2, 0.25) is 0 Å². The van der Waals surface area contributed by atoms with Gasteiger partial charge in [0.1, 0.15) is 0 Å². The summed E-state index contributed by atoms with van der Waals surface area (Å²) in [5.74, 6) is -0.746. The van der Waals surface area contributed by atoms with E-state index in [9.17, 15) is 14.4 Å². The van der Waals surface area contributed by atoms with Gasteiger partial charge < -0.3 is 16.0 Å². The molecule has 0 fully saturated rings. The van der Waals surface area contributed by atoms with E-state index in [4.69, 9.17) is 0 Å². The van der Waals surface area contributed by atoms with E-state index in [2.05, 4.69) is 20.9 Å². The summed E-state index contributed by atoms with van der Waals surface area (Å²) in [6.07, 6.45) is 1.77. The van der Waals surface area contributed by atoms with E-state index in [1.165, 1.54) is 0 Å². The Morgan fingerprint density at radius 2 is 1.61 bits per heavy atom. The number of hydrogen-bond acceptors (Lipinski definition) is 4. The van der Waals surface area contributed by atoms with Crippen LogP contribution in [0.4, 0.5) is 5.69 Å². The van der Waals surface area contributed by atoms with E-state index < -0.39 is 0 Å². The lowest BCUT2D eigenvalue weighted by atomic mass is 10.1. The molecule has 1 unspecified atom stereocenters. The maximum atomic E-state index is 12.4. The Labute approximate surface area is 180 Å². The summed E-state index contributed by atoms with van der Waals surface area (Å²) >= 11 is 0. The Morgan fingerprint density at radius 3 is 2.35 bits per heavy atom. The number of aromatic nitrogens is 1. The van der Waals surface area contributed by atoms with Gasteiger partial charge in [0.05, 0.1) is 12.2 Å². The Hall–Kier alpha value is -4.00. The Morgan fingerprint density at radius 1 is 0.871 bits per heavy atom. The number of nitrogens with zero attached hydrogens (tertiary/aromatic N) is 1. The second-order valence-corrected chi connectivity index (χ2v) is 7.08. The van der Waals surface area contributed by atoms with Gasteiger partial charge >= 0.3 is 0 Å². The van der Waals surface area contributed by atoms with E-state index in [0.29, 0.717) is 23.4 Å². The van der Waals surface area contributed by atoms with E-state index in [0.717, 1.165) is 5.69 Å². The zero-order chi connectivity index (χ0) is 22.1. The molecule has 0 saturated carbocycles. The number of rotatable bonds is 8. The minimum Gasteiger partial charge on any atom is -0.349 e. The second-order valence-electron chi connectivity index (χ2n) is 7.08. The number of anilines is 1. The molecule has 1 atom stereocenters. The minimum atomic E-state index is -0.349. The summed E-state index contributed by atoms with van der Waals surface area (Å²) in [6, 6.07) is 20.7. The first kappa shape index (κ1) is 21.7. The molecule has 1 heterocycles. The topological polar surface area (TPSA) is 100 Å². The average Bonchev–Trinajstić information content (AvgIpc) is 2.78. The van der Waals surface area contributed by atoms with Crippen LogP contribution in [0.5, 0.6) is 0 Å². The van der Waals surface area contributed by atoms with Crippen molar-refractivity contribution in [1.29, 1.82) is 0 Å². The Balaban J connectivity index is 1.50. The summed E-state index contributed by atoms with van der Waals surface area (Å²) in [5.41, 5.74) is 2.24. The van der Waals surface area contributed by atoms with Crippen LogP contribution >= 0.6 is 0 Å². The van der Waals surface area contributed by atoms with Gasteiger partial charge in [0.15, 0.2) is 0 Å². The lowest BCUT2D eigenvalue weighted by Gasteiger charge is -2.14. The van der Waals surface area contributed by atoms with Gasteiger partial charge in [-0.05, 0) is 49.4 Å². The van der Waals surface area contributed by atoms with Gasteiger partial charge in [-0.25, -0.2) is 0 Å². The summed E-state index contributed by atoms with van der Waals surface area (Å²) in [4.78, 5) is 41.1. The summed E-state index contributed by atoms with van der Waals surface area (Å²) < 4.78 is 0. The number of carbonyl (C=O) groups excluding carboxylic acids is 3. The van der Waals surface area contributed by atoms with Gasteiger partial charge in [-0.15, -0.1) is 0 Å². The summed E-state index contributed by atoms with van der Waals surface area (Å²) in [6.45, 7) is 2.08. The maximum absolute atomic E-state index is 12.4. The lowest BCUT2D eigenvalue weighted by Crippen LogP contribution is -2.35. The number of nitrogens with one attached hydrogen (secondary N) is 3. The zero-order valence-electron chi connectivity index (χ0n) is 17.2. The molecule has 1 aromatic heterocycles. The number of carbonyl (C=O) groups is 3. The second kappa shape index (κ2) is 10.7. The largest absolute Gasteiger partial charge is 0.349 e. The molecule has 0 spiro atoms. The van der Waals surface area contributed by atoms with E-state index in [-0.39, 0.29) is 30.2 Å². The molecule has 0 aliphatic carbocycles. The molecule has 3 amide bonds. The number of amides is 3. The fraction of sp³-hybridized carbons (Fsp3) is 0.167. The predicted molar refractivity (Wildman–Crippen MR) is 118 cm³/mol. The molecule has 0 aliphatic rings. The zero-order valence-corrected chi connectivity index (χ0v) is 17.2. The lowest BCUT2D eigenvalue weighted by molar-refractivity contribution is -0.116. The summed E-state index contributed by atoms with van der Waals surface area (Å²) in [7, 11) is 0. The third kappa shape index (κ3) is 6.78. The minimum absolute atomic E-state index is 0.106. The number of hydrogen-bond donors (Lipinski definition) is 3. The van der Waals surface area contributed by atoms with Crippen LogP contribution in [-0.4, -0.2) is 28.7 Å². The van der Waals surface area contributed by atoms with Crippen LogP contribution in [0.25, 0.3) is 0 Å². The third-order valence-electron chi connectivity index (χ3n) is 4.47. The fourth-order valence-electron chi connectivity index (χ4n) is 2.95. The summed E-state index contributed by atoms with van der Waals surface area (Å²) in [5, 5.41) is 8.38. The number of pyridine rings is 1. The highest BCUT2D eigenvalue weighted by Gasteiger charge is 2.14. The van der Waals surface area contributed by atoms with Crippen LogP contribution in [0.15, 0.2) is 79.0 Å². The molecule has 0 radical (unpaired) electrons. The monoisotopic (exact) mass is 416 g/mol. The predicted octanol–water partition coefficient (Wildman–Crippen LogP) is 3.16. The van der Waals surface area contributed by atoms with E-state index >= 15 is 0 Å². The van der Waals surface area contributed by atoms with Gasteiger partial charge in [-0.2, -0.15) is 0 Å². The maximum Gasteiger partial charge on any atom is 0.251 e. The highest BCUT2D eigenvalue weighted by molar-refractivity contribution is 5.98. The van der Waals surface area contributed by atoms with Crippen molar-refractivity contribution >= 4 is 23.4 Å². The first-order chi connectivity index (χ1) is 15.0. The Bertz CT molecular complexity index is 1040. The molecular weight excluding hydrogens is 392 g/mol. The molecule has 7 heteroatoms. The van der Waals surface area contributed by atoms with Crippen molar-refractivity contribution in [2.75, 3.05) is 5.32 Å². The van der Waals surface area contributed by atoms with Crippen molar-refractivity contribution in [3.63, 3.8) is 0 Å². The molecule has 0 aliphatic heterocycles. The van der Waals surface area contributed by atoms with Gasteiger partial charge in [-0.3, -0.25) is 19.4 Å². The SMILES string of the molecule is CC(CC(=O)Nc1cccc(C(=O)NCc2ccccn2)c1)NC(=O)c1ccccc1. The van der Waals surface area contributed by atoms with Gasteiger partial charge in [0.25, 0.3) is 11.8 Å². The van der Waals surface area contributed by atoms with Crippen LogP contribution in [0.3, 0.4) is 0 Å². The van der Waals surface area contributed by atoms with Crippen molar-refractivity contribution in [3.05, 3.63) is 95.8 Å². The third-order valence-corrected chi connectivity index (χ3v) is 4.47. The van der Waals surface area contributed by atoms with E-state index in [1.807, 2.05) is 24.3 Å². The van der Waals surface area contributed by atoms with E-state index in [1.54, 1.807) is 61.7 Å². The Kier molecular flexibility index (Phi) is 7.48. The molecule has 0 bridgehead atoms. The smallest absolute Gasteiger partial charge is 0.251 e. The molecule has 3 aromatic rings. The van der Waals surface area contributed by atoms with Crippen molar-refractivity contribution in [3.8, 4) is 0 Å². The molecule has 158 valence electrons. The van der Waals surface area contributed by atoms with Gasteiger partial charge in [0, 0.05) is 35.5 Å². The van der Waals surface area contributed by atoms with Crippen LogP contribution < -0.4 is 16.0 Å². The first-order valence-corrected chi connectivity index (χ1v) is 9.95. The fourth-order valence-corrected chi connectivity index (χ4v) is 2.95. The molecule has 0 saturated heterocycles. The van der Waals surface area contributed by atoms with Crippen LogP contribution in [0.1, 0.15) is 39.8 Å². The van der Waals surface area contributed by atoms with Crippen molar-refractivity contribution in [2.45, 2.75) is 25.9 Å². The molecule has 7 nitrogen and oxygen atoms in total. The number of benzene rings is 2. The molecule has 2 aromatic carbocycles. The molecule has 31 heavy (non-hydrogen) atoms. The van der Waals surface area contributed by atoms with Crippen LogP contribution in [-0.2, 0) is 11.3 Å². The van der Waals surface area contributed by atoms with Crippen molar-refractivity contribution in [2.24, 2.45) is 0 Å². The first-order valence-electron chi connectivity index (χ1n) is 9.95. The highest BCUT2D eigenvalue weighted by atomic mass is 16.2. The molecular formula is C24H24N4O3.